The number of nitrogens with one attached hydrogen (secondary N) is 1. The summed E-state index contributed by atoms with van der Waals surface area (Å²) in [5.74, 6) is -0.440. The molecule has 2 aromatic carbocycles. The smallest absolute Gasteiger partial charge is 0.408 e. The fourth-order valence-corrected chi connectivity index (χ4v) is 3.43. The summed E-state index contributed by atoms with van der Waals surface area (Å²) in [6.45, 7) is 7.26. The lowest BCUT2D eigenvalue weighted by Gasteiger charge is -2.23. The maximum Gasteiger partial charge on any atom is 0.408 e. The number of esters is 1. The van der Waals surface area contributed by atoms with Gasteiger partial charge in [-0.25, -0.2) is 14.4 Å². The van der Waals surface area contributed by atoms with Crippen LogP contribution in [0.25, 0.3) is 11.0 Å². The van der Waals surface area contributed by atoms with E-state index >= 15 is 0 Å². The second-order valence-electron chi connectivity index (χ2n) is 8.81. The average Bonchev–Trinajstić information content (AvgIpc) is 2.72. The van der Waals surface area contributed by atoms with Gasteiger partial charge in [0.15, 0.2) is 0 Å². The van der Waals surface area contributed by atoms with Gasteiger partial charge in [-0.1, -0.05) is 43.7 Å². The van der Waals surface area contributed by atoms with Crippen molar-refractivity contribution < 1.29 is 23.5 Å². The van der Waals surface area contributed by atoms with Crippen LogP contribution in [0.2, 0.25) is 0 Å². The molecular weight excluding hydrogens is 422 g/mol. The molecule has 0 spiro atoms. The zero-order valence-corrected chi connectivity index (χ0v) is 19.3. The molecule has 1 N–H and O–H groups in total. The molecular formula is C26H29NO6. The van der Waals surface area contributed by atoms with Gasteiger partial charge < -0.3 is 19.2 Å². The maximum absolute atomic E-state index is 13.0. The van der Waals surface area contributed by atoms with Gasteiger partial charge in [-0.3, -0.25) is 0 Å². The van der Waals surface area contributed by atoms with Gasteiger partial charge in [0, 0.05) is 23.9 Å². The highest BCUT2D eigenvalue weighted by Crippen LogP contribution is 2.24. The molecule has 1 heterocycles. The second-order valence-corrected chi connectivity index (χ2v) is 8.81. The van der Waals surface area contributed by atoms with Crippen LogP contribution in [0.4, 0.5) is 4.79 Å². The molecule has 33 heavy (non-hydrogen) atoms. The van der Waals surface area contributed by atoms with Crippen LogP contribution in [0, 0.1) is 0 Å². The molecule has 1 aromatic heterocycles. The third kappa shape index (κ3) is 6.94. The van der Waals surface area contributed by atoms with E-state index in [9.17, 15) is 14.4 Å². The van der Waals surface area contributed by atoms with E-state index in [0.29, 0.717) is 5.58 Å². The molecule has 0 saturated carbocycles. The number of hydrogen-bond acceptors (Lipinski definition) is 6. The minimum Gasteiger partial charge on any atom is -0.444 e. The largest absolute Gasteiger partial charge is 0.444 e. The number of carbonyl (C=O) groups excluding carboxylic acids is 2. The lowest BCUT2D eigenvalue weighted by atomic mass is 10.1. The van der Waals surface area contributed by atoms with Crippen molar-refractivity contribution in [3.05, 3.63) is 76.1 Å². The Morgan fingerprint density at radius 1 is 1.06 bits per heavy atom. The van der Waals surface area contributed by atoms with Gasteiger partial charge in [-0.05, 0) is 50.5 Å². The van der Waals surface area contributed by atoms with Gasteiger partial charge in [-0.2, -0.15) is 0 Å². The molecule has 0 fully saturated rings. The van der Waals surface area contributed by atoms with E-state index in [4.69, 9.17) is 13.9 Å². The van der Waals surface area contributed by atoms with E-state index < -0.39 is 29.3 Å². The number of hydrogen-bond donors (Lipinski definition) is 1. The van der Waals surface area contributed by atoms with Gasteiger partial charge in [0.2, 0.25) is 0 Å². The van der Waals surface area contributed by atoms with Crippen molar-refractivity contribution in [3.63, 3.8) is 0 Å². The van der Waals surface area contributed by atoms with Crippen LogP contribution in [0.15, 0.2) is 63.8 Å². The van der Waals surface area contributed by atoms with Crippen molar-refractivity contribution in [3.8, 4) is 5.75 Å². The first-order valence-corrected chi connectivity index (χ1v) is 11.0. The summed E-state index contributed by atoms with van der Waals surface area (Å²) in [4.78, 5) is 37.3. The Morgan fingerprint density at radius 2 is 1.79 bits per heavy atom. The molecule has 0 bridgehead atoms. The van der Waals surface area contributed by atoms with Crippen LogP contribution >= 0.6 is 0 Å². The molecule has 174 valence electrons. The average molecular weight is 452 g/mol. The fraction of sp³-hybridized carbons (Fsp3) is 0.346. The van der Waals surface area contributed by atoms with Crippen LogP contribution in [-0.4, -0.2) is 23.7 Å². The van der Waals surface area contributed by atoms with Crippen molar-refractivity contribution >= 4 is 23.0 Å². The predicted octanol–water partition coefficient (Wildman–Crippen LogP) is 4.79. The molecule has 3 aromatic rings. The molecule has 3 rings (SSSR count). The number of benzene rings is 2. The Kier molecular flexibility index (Phi) is 7.53. The summed E-state index contributed by atoms with van der Waals surface area (Å²) < 4.78 is 16.2. The Balaban J connectivity index is 1.83. The molecule has 0 radical (unpaired) electrons. The van der Waals surface area contributed by atoms with E-state index in [-0.39, 0.29) is 12.2 Å². The highest BCUT2D eigenvalue weighted by molar-refractivity contribution is 5.85. The van der Waals surface area contributed by atoms with Crippen molar-refractivity contribution in [1.29, 1.82) is 0 Å². The second kappa shape index (κ2) is 10.3. The third-order valence-corrected chi connectivity index (χ3v) is 4.80. The predicted molar refractivity (Wildman–Crippen MR) is 125 cm³/mol. The normalized spacial score (nSPS) is 12.2. The van der Waals surface area contributed by atoms with Gasteiger partial charge in [0.1, 0.15) is 23.0 Å². The topological polar surface area (TPSA) is 94.8 Å². The summed E-state index contributed by atoms with van der Waals surface area (Å²) in [5.41, 5.74) is 0.913. The van der Waals surface area contributed by atoms with Crippen molar-refractivity contribution in [2.24, 2.45) is 0 Å². The molecule has 1 unspecified atom stereocenters. The molecule has 1 amide bonds. The number of alkyl carbamates (subject to hydrolysis) is 1. The van der Waals surface area contributed by atoms with E-state index in [1.54, 1.807) is 32.9 Å². The zero-order valence-electron chi connectivity index (χ0n) is 19.3. The Bertz CT molecular complexity index is 1180. The summed E-state index contributed by atoms with van der Waals surface area (Å²) in [5, 5.41) is 3.40. The lowest BCUT2D eigenvalue weighted by molar-refractivity contribution is -0.136. The minimum atomic E-state index is -0.976. The zero-order chi connectivity index (χ0) is 24.0. The summed E-state index contributed by atoms with van der Waals surface area (Å²) in [6, 6.07) is 14.7. The van der Waals surface area contributed by atoms with Crippen LogP contribution < -0.4 is 15.7 Å². The van der Waals surface area contributed by atoms with Gasteiger partial charge in [0.05, 0.1) is 0 Å². The number of amides is 1. The van der Waals surface area contributed by atoms with Gasteiger partial charge >= 0.3 is 17.7 Å². The summed E-state index contributed by atoms with van der Waals surface area (Å²) in [7, 11) is 0. The first kappa shape index (κ1) is 24.0. The van der Waals surface area contributed by atoms with Gasteiger partial charge in [-0.15, -0.1) is 0 Å². The van der Waals surface area contributed by atoms with Crippen LogP contribution in [0.3, 0.4) is 0 Å². The Labute approximate surface area is 192 Å². The molecule has 0 saturated heterocycles. The Morgan fingerprint density at radius 3 is 2.45 bits per heavy atom. The molecule has 0 aliphatic carbocycles. The van der Waals surface area contributed by atoms with E-state index in [1.807, 2.05) is 37.3 Å². The SMILES string of the molecule is CCCc1cc(=O)oc2cc(OC(=O)C(Cc3ccccc3)NC(=O)OC(C)(C)C)ccc12. The van der Waals surface area contributed by atoms with Crippen LogP contribution in [0.1, 0.15) is 45.2 Å². The van der Waals surface area contributed by atoms with Crippen molar-refractivity contribution in [2.45, 2.75) is 58.6 Å². The van der Waals surface area contributed by atoms with Crippen molar-refractivity contribution in [2.75, 3.05) is 0 Å². The number of aryl methyl sites for hydroxylation is 1. The molecule has 0 aliphatic heterocycles. The van der Waals surface area contributed by atoms with Gasteiger partial charge in [0.25, 0.3) is 0 Å². The summed E-state index contributed by atoms with van der Waals surface area (Å²) in [6.07, 6.45) is 1.13. The number of rotatable bonds is 7. The standard InChI is InChI=1S/C26H29NO6/c1-5-9-18-15-23(28)32-22-16-19(12-13-20(18)22)31-24(29)21(14-17-10-7-6-8-11-17)27-25(30)33-26(2,3)4/h6-8,10-13,15-16,21H,5,9,14H2,1-4H3,(H,27,30). The molecule has 7 heteroatoms. The Hall–Kier alpha value is -3.61. The highest BCUT2D eigenvalue weighted by Gasteiger charge is 2.26. The molecule has 7 nitrogen and oxygen atoms in total. The minimum absolute atomic E-state index is 0.216. The monoisotopic (exact) mass is 451 g/mol. The third-order valence-electron chi connectivity index (χ3n) is 4.80. The summed E-state index contributed by atoms with van der Waals surface area (Å²) >= 11 is 0. The van der Waals surface area contributed by atoms with E-state index in [2.05, 4.69) is 5.32 Å². The fourth-order valence-electron chi connectivity index (χ4n) is 3.43. The first-order chi connectivity index (χ1) is 15.6. The lowest BCUT2D eigenvalue weighted by Crippen LogP contribution is -2.46. The molecule has 0 aliphatic rings. The first-order valence-electron chi connectivity index (χ1n) is 11.0. The number of carbonyl (C=O) groups is 2. The van der Waals surface area contributed by atoms with Crippen LogP contribution in [0.5, 0.6) is 5.75 Å². The van der Waals surface area contributed by atoms with Crippen LogP contribution in [-0.2, 0) is 22.4 Å². The van der Waals surface area contributed by atoms with E-state index in [1.165, 1.54) is 12.1 Å². The number of fused-ring (bicyclic) bond motifs is 1. The maximum atomic E-state index is 13.0. The van der Waals surface area contributed by atoms with E-state index in [0.717, 1.165) is 29.4 Å². The number of ether oxygens (including phenoxy) is 2. The van der Waals surface area contributed by atoms with Crippen molar-refractivity contribution in [1.82, 2.24) is 5.32 Å². The molecule has 1 atom stereocenters. The quantitative estimate of drug-likeness (QED) is 0.315. The highest BCUT2D eigenvalue weighted by atomic mass is 16.6.